The van der Waals surface area contributed by atoms with E-state index in [1.807, 2.05) is 42.5 Å². The molecule has 1 amide bonds. The summed E-state index contributed by atoms with van der Waals surface area (Å²) in [7, 11) is 0. The lowest BCUT2D eigenvalue weighted by molar-refractivity contribution is -0.121. The van der Waals surface area contributed by atoms with Gasteiger partial charge in [0, 0.05) is 24.8 Å². The fourth-order valence-corrected chi connectivity index (χ4v) is 4.00. The number of carbonyl (C=O) groups excluding carboxylic acids is 1. The number of hydrogen-bond acceptors (Lipinski definition) is 5. The third-order valence-corrected chi connectivity index (χ3v) is 5.93. The van der Waals surface area contributed by atoms with Gasteiger partial charge in [-0.3, -0.25) is 4.79 Å². The largest absolute Gasteiger partial charge is 0.491 e. The highest BCUT2D eigenvalue weighted by molar-refractivity contribution is 5.76. The van der Waals surface area contributed by atoms with Gasteiger partial charge in [-0.1, -0.05) is 42.5 Å². The first-order valence-corrected chi connectivity index (χ1v) is 11.4. The number of aliphatic hydroxyl groups is 3. The van der Waals surface area contributed by atoms with Crippen molar-refractivity contribution in [3.63, 3.8) is 0 Å². The number of benzene rings is 1. The molecule has 4 N–H and O–H groups in total. The van der Waals surface area contributed by atoms with Gasteiger partial charge >= 0.3 is 0 Å². The second kappa shape index (κ2) is 12.0. The molecule has 170 valence electrons. The van der Waals surface area contributed by atoms with E-state index in [2.05, 4.69) is 5.32 Å². The molecule has 0 saturated heterocycles. The van der Waals surface area contributed by atoms with Crippen LogP contribution in [0.4, 0.5) is 0 Å². The molecule has 0 bridgehead atoms. The molecule has 0 spiro atoms. The van der Waals surface area contributed by atoms with E-state index < -0.39 is 18.3 Å². The Morgan fingerprint density at radius 1 is 1.16 bits per heavy atom. The number of amides is 1. The molecule has 0 aliphatic heterocycles. The first-order chi connectivity index (χ1) is 15.0. The fraction of sp³-hybridized carbons (Fsp3) is 0.560. The maximum atomic E-state index is 11.7. The van der Waals surface area contributed by atoms with Crippen LogP contribution in [0.15, 0.2) is 54.6 Å². The monoisotopic (exact) mass is 429 g/mol. The molecule has 31 heavy (non-hydrogen) atoms. The molecule has 0 aromatic heterocycles. The van der Waals surface area contributed by atoms with E-state index in [9.17, 15) is 20.1 Å². The van der Waals surface area contributed by atoms with E-state index in [4.69, 9.17) is 4.74 Å². The van der Waals surface area contributed by atoms with Crippen molar-refractivity contribution in [3.05, 3.63) is 54.6 Å². The Bertz CT molecular complexity index is 731. The molecule has 0 heterocycles. The predicted molar refractivity (Wildman–Crippen MR) is 119 cm³/mol. The number of hydrogen-bond donors (Lipinski definition) is 4. The second-order valence-electron chi connectivity index (χ2n) is 8.63. The summed E-state index contributed by atoms with van der Waals surface area (Å²) in [6, 6.07) is 9.71. The van der Waals surface area contributed by atoms with Crippen LogP contribution >= 0.6 is 0 Å². The van der Waals surface area contributed by atoms with E-state index in [0.717, 1.165) is 25.7 Å². The number of nitrogens with one attached hydrogen (secondary N) is 1. The highest BCUT2D eigenvalue weighted by atomic mass is 16.5. The Morgan fingerprint density at radius 3 is 2.68 bits per heavy atom. The van der Waals surface area contributed by atoms with Gasteiger partial charge < -0.3 is 25.4 Å². The number of rotatable bonds is 12. The van der Waals surface area contributed by atoms with Gasteiger partial charge in [0.15, 0.2) is 0 Å². The van der Waals surface area contributed by atoms with Crippen molar-refractivity contribution in [1.29, 1.82) is 0 Å². The Labute approximate surface area is 184 Å². The van der Waals surface area contributed by atoms with Crippen LogP contribution in [0, 0.1) is 11.8 Å². The van der Waals surface area contributed by atoms with Gasteiger partial charge in [0.1, 0.15) is 18.5 Å². The van der Waals surface area contributed by atoms with Crippen molar-refractivity contribution < 1.29 is 24.9 Å². The topological polar surface area (TPSA) is 99.0 Å². The maximum absolute atomic E-state index is 11.7. The van der Waals surface area contributed by atoms with E-state index in [1.54, 1.807) is 12.2 Å². The molecule has 6 heteroatoms. The number of carbonyl (C=O) groups is 1. The van der Waals surface area contributed by atoms with Crippen LogP contribution in [-0.4, -0.2) is 52.2 Å². The molecule has 6 nitrogen and oxygen atoms in total. The Kier molecular flexibility index (Phi) is 9.13. The standard InChI is InChI=1S/C25H35NO5/c27-19(17-31-20-8-4-3-5-9-20)14-15-22-21(23(28)16-24(22)29)10-6-1-2-7-11-25(30)26-18-12-13-18/h1,3-6,8-9,14-15,18-19,21-24,27-29H,2,7,10-13,16-17H2,(H,26,30)/b6-1-,15-14+/t19-,21-,22-,23-,24-/m1/s1. The van der Waals surface area contributed by atoms with Crippen molar-refractivity contribution in [2.75, 3.05) is 6.61 Å². The minimum absolute atomic E-state index is 0.0945. The second-order valence-corrected chi connectivity index (χ2v) is 8.63. The quantitative estimate of drug-likeness (QED) is 0.302. The number of allylic oxidation sites excluding steroid dienone is 2. The van der Waals surface area contributed by atoms with Gasteiger partial charge in [-0.05, 0) is 50.2 Å². The van der Waals surface area contributed by atoms with E-state index in [-0.39, 0.29) is 24.3 Å². The molecule has 3 rings (SSSR count). The van der Waals surface area contributed by atoms with E-state index >= 15 is 0 Å². The highest BCUT2D eigenvalue weighted by Crippen LogP contribution is 2.36. The molecule has 2 aliphatic rings. The lowest BCUT2D eigenvalue weighted by atomic mass is 9.89. The minimum Gasteiger partial charge on any atom is -0.491 e. The van der Waals surface area contributed by atoms with Crippen LogP contribution in [0.5, 0.6) is 5.75 Å². The number of aliphatic hydroxyl groups excluding tert-OH is 3. The Balaban J connectivity index is 1.39. The smallest absolute Gasteiger partial charge is 0.220 e. The molecule has 0 radical (unpaired) electrons. The summed E-state index contributed by atoms with van der Waals surface area (Å²) in [5, 5.41) is 33.9. The van der Waals surface area contributed by atoms with Gasteiger partial charge in [-0.15, -0.1) is 0 Å². The fourth-order valence-electron chi connectivity index (χ4n) is 4.00. The van der Waals surface area contributed by atoms with Crippen molar-refractivity contribution in [3.8, 4) is 5.75 Å². The molecular weight excluding hydrogens is 394 g/mol. The molecule has 5 atom stereocenters. The highest BCUT2D eigenvalue weighted by Gasteiger charge is 2.39. The van der Waals surface area contributed by atoms with Crippen LogP contribution in [-0.2, 0) is 4.79 Å². The summed E-state index contributed by atoms with van der Waals surface area (Å²) in [6.45, 7) is 0.130. The Hall–Kier alpha value is -2.15. The van der Waals surface area contributed by atoms with Crippen molar-refractivity contribution in [1.82, 2.24) is 5.32 Å². The van der Waals surface area contributed by atoms with Crippen LogP contribution in [0.2, 0.25) is 0 Å². The minimum atomic E-state index is -0.789. The van der Waals surface area contributed by atoms with Crippen LogP contribution in [0.1, 0.15) is 44.9 Å². The molecule has 1 aromatic carbocycles. The summed E-state index contributed by atoms with van der Waals surface area (Å²) in [6.07, 6.45) is 10.9. The summed E-state index contributed by atoms with van der Waals surface area (Å²) in [4.78, 5) is 11.7. The SMILES string of the molecule is O=C(CCC/C=C\C[C@@H]1[C@@H](/C=C/[C@@H](O)COc2ccccc2)[C@H](O)C[C@H]1O)NC1CC1. The number of unbranched alkanes of at least 4 members (excludes halogenated alkanes) is 1. The molecule has 2 saturated carbocycles. The van der Waals surface area contributed by atoms with Crippen LogP contribution in [0.3, 0.4) is 0 Å². The summed E-state index contributed by atoms with van der Waals surface area (Å²) in [5.74, 6) is 0.516. The van der Waals surface area contributed by atoms with Gasteiger partial charge in [0.2, 0.25) is 5.91 Å². The van der Waals surface area contributed by atoms with Crippen LogP contribution < -0.4 is 10.1 Å². The first kappa shape index (κ1) is 23.5. The zero-order valence-corrected chi connectivity index (χ0v) is 18.0. The van der Waals surface area contributed by atoms with E-state index in [0.29, 0.717) is 31.1 Å². The normalized spacial score (nSPS) is 27.1. The molecular formula is C25H35NO5. The summed E-state index contributed by atoms with van der Waals surface area (Å²) >= 11 is 0. The summed E-state index contributed by atoms with van der Waals surface area (Å²) < 4.78 is 5.55. The van der Waals surface area contributed by atoms with Gasteiger partial charge in [0.25, 0.3) is 0 Å². The van der Waals surface area contributed by atoms with Gasteiger partial charge in [-0.2, -0.15) is 0 Å². The van der Waals surface area contributed by atoms with Crippen molar-refractivity contribution in [2.24, 2.45) is 11.8 Å². The summed E-state index contributed by atoms with van der Waals surface area (Å²) in [5.41, 5.74) is 0. The Morgan fingerprint density at radius 2 is 1.94 bits per heavy atom. The first-order valence-electron chi connectivity index (χ1n) is 11.4. The molecule has 0 unspecified atom stereocenters. The lowest BCUT2D eigenvalue weighted by Gasteiger charge is -2.19. The molecule has 1 aromatic rings. The average molecular weight is 430 g/mol. The third kappa shape index (κ3) is 8.13. The number of para-hydroxylation sites is 1. The maximum Gasteiger partial charge on any atom is 0.220 e. The zero-order valence-electron chi connectivity index (χ0n) is 18.0. The molecule has 2 aliphatic carbocycles. The average Bonchev–Trinajstić information content (AvgIpc) is 3.52. The van der Waals surface area contributed by atoms with Crippen LogP contribution in [0.25, 0.3) is 0 Å². The number of ether oxygens (including phenoxy) is 1. The van der Waals surface area contributed by atoms with Gasteiger partial charge in [-0.25, -0.2) is 0 Å². The third-order valence-electron chi connectivity index (χ3n) is 5.93. The zero-order chi connectivity index (χ0) is 22.1. The van der Waals surface area contributed by atoms with Crippen molar-refractivity contribution in [2.45, 2.75) is 69.3 Å². The molecule has 2 fully saturated rings. The van der Waals surface area contributed by atoms with E-state index in [1.165, 1.54) is 0 Å². The van der Waals surface area contributed by atoms with Crippen molar-refractivity contribution >= 4 is 5.91 Å². The predicted octanol–water partition coefficient (Wildman–Crippen LogP) is 2.74. The lowest BCUT2D eigenvalue weighted by Crippen LogP contribution is -2.24. The van der Waals surface area contributed by atoms with Gasteiger partial charge in [0.05, 0.1) is 12.2 Å².